The van der Waals surface area contributed by atoms with Gasteiger partial charge in [0.1, 0.15) is 5.69 Å². The molecule has 1 aromatic heterocycles. The molecular weight excluding hydrogens is 236 g/mol. The van der Waals surface area contributed by atoms with Gasteiger partial charge in [-0.05, 0) is 31.4 Å². The van der Waals surface area contributed by atoms with Crippen LogP contribution in [0.15, 0.2) is 30.3 Å². The van der Waals surface area contributed by atoms with E-state index in [1.54, 1.807) is 0 Å². The first-order valence-corrected chi connectivity index (χ1v) is 7.13. The number of aryl methyl sites for hydroxylation is 1. The van der Waals surface area contributed by atoms with Crippen LogP contribution in [-0.2, 0) is 12.8 Å². The van der Waals surface area contributed by atoms with E-state index in [1.165, 1.54) is 0 Å². The number of benzene rings is 1. The van der Waals surface area contributed by atoms with Gasteiger partial charge in [0.15, 0.2) is 5.75 Å². The first-order chi connectivity index (χ1) is 9.27. The molecule has 0 spiro atoms. The molecule has 0 saturated carbocycles. The van der Waals surface area contributed by atoms with Gasteiger partial charge in [-0.25, -0.2) is 4.68 Å². The molecule has 2 aromatic rings. The molecule has 1 heterocycles. The predicted octanol–water partition coefficient (Wildman–Crippen LogP) is 3.87. The Hall–Kier alpha value is -1.77. The standard InChI is InChI=1S/C16H22N2O/c1-3-5-12-14-16(19)15(9-4-2)18(17-14)13-10-7-6-8-11-13/h6-8,10-11,19H,3-5,9,12H2,1-2H3. The van der Waals surface area contributed by atoms with Crippen LogP contribution in [0.1, 0.15) is 44.5 Å². The Balaban J connectivity index is 2.41. The van der Waals surface area contributed by atoms with Crippen LogP contribution in [0.25, 0.3) is 5.69 Å². The summed E-state index contributed by atoms with van der Waals surface area (Å²) in [6.07, 6.45) is 4.86. The van der Waals surface area contributed by atoms with Gasteiger partial charge in [0.2, 0.25) is 0 Å². The van der Waals surface area contributed by atoms with Gasteiger partial charge in [0.05, 0.1) is 11.4 Å². The lowest BCUT2D eigenvalue weighted by atomic mass is 10.1. The third-order valence-corrected chi connectivity index (χ3v) is 3.28. The normalized spacial score (nSPS) is 10.8. The summed E-state index contributed by atoms with van der Waals surface area (Å²) >= 11 is 0. The van der Waals surface area contributed by atoms with E-state index in [1.807, 2.05) is 35.0 Å². The Morgan fingerprint density at radius 1 is 1.05 bits per heavy atom. The zero-order chi connectivity index (χ0) is 13.7. The van der Waals surface area contributed by atoms with Crippen LogP contribution in [0, 0.1) is 0 Å². The zero-order valence-electron chi connectivity index (χ0n) is 11.8. The van der Waals surface area contributed by atoms with Crippen LogP contribution in [-0.4, -0.2) is 14.9 Å². The van der Waals surface area contributed by atoms with Crippen molar-refractivity contribution in [2.75, 3.05) is 0 Å². The highest BCUT2D eigenvalue weighted by molar-refractivity contribution is 5.41. The lowest BCUT2D eigenvalue weighted by molar-refractivity contribution is 0.459. The van der Waals surface area contributed by atoms with Crippen LogP contribution < -0.4 is 0 Å². The van der Waals surface area contributed by atoms with Gasteiger partial charge in [-0.3, -0.25) is 0 Å². The number of rotatable bonds is 6. The van der Waals surface area contributed by atoms with Gasteiger partial charge in [0, 0.05) is 0 Å². The second kappa shape index (κ2) is 6.41. The van der Waals surface area contributed by atoms with Crippen molar-refractivity contribution in [3.63, 3.8) is 0 Å². The van der Waals surface area contributed by atoms with E-state index in [0.717, 1.165) is 49.2 Å². The highest BCUT2D eigenvalue weighted by Crippen LogP contribution is 2.27. The highest BCUT2D eigenvalue weighted by Gasteiger charge is 2.16. The van der Waals surface area contributed by atoms with Gasteiger partial charge in [-0.2, -0.15) is 5.10 Å². The molecule has 0 aliphatic heterocycles. The molecule has 0 unspecified atom stereocenters. The molecule has 0 atom stereocenters. The Labute approximate surface area is 114 Å². The SMILES string of the molecule is CCCCc1nn(-c2ccccc2)c(CCC)c1O. The van der Waals surface area contributed by atoms with Crippen molar-refractivity contribution in [1.82, 2.24) is 9.78 Å². The minimum absolute atomic E-state index is 0.388. The molecule has 3 heteroatoms. The largest absolute Gasteiger partial charge is 0.504 e. The number of aromatic nitrogens is 2. The maximum Gasteiger partial charge on any atom is 0.160 e. The average molecular weight is 258 g/mol. The number of hydrogen-bond donors (Lipinski definition) is 1. The fourth-order valence-electron chi connectivity index (χ4n) is 2.25. The molecule has 0 aliphatic rings. The maximum atomic E-state index is 10.3. The first-order valence-electron chi connectivity index (χ1n) is 7.13. The molecule has 0 fully saturated rings. The van der Waals surface area contributed by atoms with E-state index in [0.29, 0.717) is 5.75 Å². The summed E-state index contributed by atoms with van der Waals surface area (Å²) in [6, 6.07) is 10.0. The number of hydrogen-bond acceptors (Lipinski definition) is 2. The summed E-state index contributed by atoms with van der Waals surface area (Å²) in [5, 5.41) is 14.9. The summed E-state index contributed by atoms with van der Waals surface area (Å²) in [4.78, 5) is 0. The Bertz CT molecular complexity index is 517. The summed E-state index contributed by atoms with van der Waals surface area (Å²) in [6.45, 7) is 4.27. The summed E-state index contributed by atoms with van der Waals surface area (Å²) < 4.78 is 1.89. The van der Waals surface area contributed by atoms with Crippen LogP contribution in [0.2, 0.25) is 0 Å². The fraction of sp³-hybridized carbons (Fsp3) is 0.438. The van der Waals surface area contributed by atoms with Crippen molar-refractivity contribution in [1.29, 1.82) is 0 Å². The van der Waals surface area contributed by atoms with Crippen molar-refractivity contribution < 1.29 is 5.11 Å². The molecule has 102 valence electrons. The minimum atomic E-state index is 0.388. The topological polar surface area (TPSA) is 38.0 Å². The molecule has 3 nitrogen and oxygen atoms in total. The quantitative estimate of drug-likeness (QED) is 0.854. The lowest BCUT2D eigenvalue weighted by Gasteiger charge is -2.06. The molecule has 19 heavy (non-hydrogen) atoms. The van der Waals surface area contributed by atoms with E-state index in [2.05, 4.69) is 18.9 Å². The Kier molecular flexibility index (Phi) is 4.61. The van der Waals surface area contributed by atoms with Gasteiger partial charge in [-0.1, -0.05) is 44.9 Å². The molecule has 1 aromatic carbocycles. The molecule has 0 amide bonds. The van der Waals surface area contributed by atoms with Gasteiger partial charge in [0.25, 0.3) is 0 Å². The van der Waals surface area contributed by atoms with E-state index >= 15 is 0 Å². The number of aromatic hydroxyl groups is 1. The second-order valence-electron chi connectivity index (χ2n) is 4.84. The predicted molar refractivity (Wildman–Crippen MR) is 77.8 cm³/mol. The number of unbranched alkanes of at least 4 members (excludes halogenated alkanes) is 1. The Morgan fingerprint density at radius 2 is 1.79 bits per heavy atom. The third-order valence-electron chi connectivity index (χ3n) is 3.28. The molecule has 0 bridgehead atoms. The Morgan fingerprint density at radius 3 is 2.42 bits per heavy atom. The smallest absolute Gasteiger partial charge is 0.160 e. The van der Waals surface area contributed by atoms with Crippen molar-refractivity contribution in [2.24, 2.45) is 0 Å². The summed E-state index contributed by atoms with van der Waals surface area (Å²) in [5.41, 5.74) is 2.78. The number of nitrogens with zero attached hydrogens (tertiary/aromatic N) is 2. The highest BCUT2D eigenvalue weighted by atomic mass is 16.3. The van der Waals surface area contributed by atoms with Gasteiger partial charge < -0.3 is 5.11 Å². The fourth-order valence-corrected chi connectivity index (χ4v) is 2.25. The summed E-state index contributed by atoms with van der Waals surface area (Å²) in [5.74, 6) is 0.388. The molecule has 2 rings (SSSR count). The third kappa shape index (κ3) is 2.98. The lowest BCUT2D eigenvalue weighted by Crippen LogP contribution is -2.02. The minimum Gasteiger partial charge on any atom is -0.504 e. The molecule has 0 aliphatic carbocycles. The van der Waals surface area contributed by atoms with E-state index in [-0.39, 0.29) is 0 Å². The van der Waals surface area contributed by atoms with Gasteiger partial charge in [-0.15, -0.1) is 0 Å². The molecule has 0 saturated heterocycles. The van der Waals surface area contributed by atoms with E-state index in [4.69, 9.17) is 0 Å². The van der Waals surface area contributed by atoms with E-state index < -0.39 is 0 Å². The van der Waals surface area contributed by atoms with Crippen molar-refractivity contribution >= 4 is 0 Å². The van der Waals surface area contributed by atoms with Crippen LogP contribution >= 0.6 is 0 Å². The van der Waals surface area contributed by atoms with Crippen LogP contribution in [0.5, 0.6) is 5.75 Å². The van der Waals surface area contributed by atoms with Crippen LogP contribution in [0.3, 0.4) is 0 Å². The average Bonchev–Trinajstić information content (AvgIpc) is 2.75. The van der Waals surface area contributed by atoms with Crippen LogP contribution in [0.4, 0.5) is 0 Å². The summed E-state index contributed by atoms with van der Waals surface area (Å²) in [7, 11) is 0. The van der Waals surface area contributed by atoms with E-state index in [9.17, 15) is 5.11 Å². The molecule has 1 N–H and O–H groups in total. The molecular formula is C16H22N2O. The van der Waals surface area contributed by atoms with Crippen molar-refractivity contribution in [2.45, 2.75) is 46.0 Å². The second-order valence-corrected chi connectivity index (χ2v) is 4.84. The molecule has 0 radical (unpaired) electrons. The van der Waals surface area contributed by atoms with Crippen molar-refractivity contribution in [3.05, 3.63) is 41.7 Å². The maximum absolute atomic E-state index is 10.3. The van der Waals surface area contributed by atoms with Gasteiger partial charge >= 0.3 is 0 Å². The zero-order valence-corrected chi connectivity index (χ0v) is 11.8. The first kappa shape index (κ1) is 13.7. The number of para-hydroxylation sites is 1. The monoisotopic (exact) mass is 258 g/mol. The van der Waals surface area contributed by atoms with Crippen molar-refractivity contribution in [3.8, 4) is 11.4 Å².